The molecule has 13 heavy (non-hydrogen) atoms. The van der Waals surface area contributed by atoms with Crippen LogP contribution in [-0.4, -0.2) is 30.3 Å². The van der Waals surface area contributed by atoms with Crippen molar-refractivity contribution in [3.05, 3.63) is 0 Å². The van der Waals surface area contributed by atoms with Gasteiger partial charge in [0.2, 0.25) is 5.91 Å². The summed E-state index contributed by atoms with van der Waals surface area (Å²) in [6, 6.07) is 0. The molecule has 0 aromatic heterocycles. The lowest BCUT2D eigenvalue weighted by atomic mass is 10.3. The van der Waals surface area contributed by atoms with Crippen LogP contribution in [0.1, 0.15) is 19.3 Å². The van der Waals surface area contributed by atoms with Crippen LogP contribution in [0.2, 0.25) is 0 Å². The van der Waals surface area contributed by atoms with E-state index in [9.17, 15) is 18.0 Å². The third-order valence-electron chi connectivity index (χ3n) is 1.29. The summed E-state index contributed by atoms with van der Waals surface area (Å²) in [4.78, 5) is 10.7. The van der Waals surface area contributed by atoms with E-state index in [1.807, 2.05) is 0 Å². The molecule has 0 saturated carbocycles. The molecule has 0 aliphatic heterocycles. The van der Waals surface area contributed by atoms with E-state index in [0.29, 0.717) is 6.42 Å². The number of aliphatic hydroxyl groups excluding tert-OH is 1. The van der Waals surface area contributed by atoms with Gasteiger partial charge >= 0.3 is 6.18 Å². The molecule has 0 atom stereocenters. The molecule has 78 valence electrons. The molecule has 0 saturated heterocycles. The lowest BCUT2D eigenvalue weighted by molar-refractivity contribution is -0.144. The van der Waals surface area contributed by atoms with Crippen molar-refractivity contribution in [1.82, 2.24) is 5.32 Å². The molecule has 0 aliphatic rings. The van der Waals surface area contributed by atoms with Gasteiger partial charge in [-0.25, -0.2) is 0 Å². The molecule has 0 rings (SSSR count). The van der Waals surface area contributed by atoms with Gasteiger partial charge < -0.3 is 10.4 Å². The van der Waals surface area contributed by atoms with Crippen LogP contribution in [-0.2, 0) is 4.79 Å². The molecule has 6 heteroatoms. The van der Waals surface area contributed by atoms with Crippen molar-refractivity contribution in [2.45, 2.75) is 25.4 Å². The van der Waals surface area contributed by atoms with Crippen molar-refractivity contribution < 1.29 is 23.1 Å². The van der Waals surface area contributed by atoms with Crippen LogP contribution >= 0.6 is 0 Å². The predicted molar refractivity (Wildman–Crippen MR) is 40.0 cm³/mol. The van der Waals surface area contributed by atoms with Gasteiger partial charge in [0, 0.05) is 19.6 Å². The van der Waals surface area contributed by atoms with Gasteiger partial charge in [-0.05, 0) is 6.42 Å². The first-order valence-electron chi connectivity index (χ1n) is 3.90. The molecule has 1 amide bonds. The van der Waals surface area contributed by atoms with Crippen molar-refractivity contribution >= 4 is 5.91 Å². The predicted octanol–water partition coefficient (Wildman–Crippen LogP) is 0.828. The van der Waals surface area contributed by atoms with E-state index in [-0.39, 0.29) is 13.2 Å². The summed E-state index contributed by atoms with van der Waals surface area (Å²) in [5.41, 5.74) is 0. The Hall–Kier alpha value is -0.780. The SMILES string of the molecule is O=C(CCC(F)(F)F)NCCCO. The van der Waals surface area contributed by atoms with Gasteiger partial charge in [-0.3, -0.25) is 4.79 Å². The zero-order chi connectivity index (χ0) is 10.3. The van der Waals surface area contributed by atoms with E-state index in [1.54, 1.807) is 0 Å². The van der Waals surface area contributed by atoms with Gasteiger partial charge in [-0.1, -0.05) is 0 Å². The Balaban J connectivity index is 3.41. The number of alkyl halides is 3. The summed E-state index contributed by atoms with van der Waals surface area (Å²) in [5.74, 6) is -0.634. The number of aliphatic hydroxyl groups is 1. The van der Waals surface area contributed by atoms with Crippen LogP contribution in [0.15, 0.2) is 0 Å². The highest BCUT2D eigenvalue weighted by molar-refractivity contribution is 5.75. The summed E-state index contributed by atoms with van der Waals surface area (Å²) in [6.07, 6.45) is -5.57. The van der Waals surface area contributed by atoms with Crippen LogP contribution in [0.4, 0.5) is 13.2 Å². The van der Waals surface area contributed by atoms with Crippen LogP contribution < -0.4 is 5.32 Å². The second-order valence-corrected chi connectivity index (χ2v) is 2.54. The topological polar surface area (TPSA) is 49.3 Å². The number of hydrogen-bond acceptors (Lipinski definition) is 2. The quantitative estimate of drug-likeness (QED) is 0.644. The third kappa shape index (κ3) is 9.13. The summed E-state index contributed by atoms with van der Waals surface area (Å²) >= 11 is 0. The van der Waals surface area contributed by atoms with Crippen molar-refractivity contribution in [2.24, 2.45) is 0 Å². The van der Waals surface area contributed by atoms with Crippen molar-refractivity contribution in [3.8, 4) is 0 Å². The van der Waals surface area contributed by atoms with E-state index in [4.69, 9.17) is 5.11 Å². The lowest BCUT2D eigenvalue weighted by Crippen LogP contribution is -2.26. The maximum absolute atomic E-state index is 11.6. The molecule has 0 bridgehead atoms. The van der Waals surface area contributed by atoms with Gasteiger partial charge in [0.1, 0.15) is 0 Å². The number of amides is 1. The molecular weight excluding hydrogens is 187 g/mol. The van der Waals surface area contributed by atoms with Gasteiger partial charge in [-0.15, -0.1) is 0 Å². The number of carbonyl (C=O) groups excluding carboxylic acids is 1. The zero-order valence-electron chi connectivity index (χ0n) is 7.02. The molecule has 0 spiro atoms. The number of rotatable bonds is 5. The fraction of sp³-hybridized carbons (Fsp3) is 0.857. The van der Waals surface area contributed by atoms with Gasteiger partial charge in [-0.2, -0.15) is 13.2 Å². The van der Waals surface area contributed by atoms with Crippen molar-refractivity contribution in [1.29, 1.82) is 0 Å². The molecule has 0 unspecified atom stereocenters. The lowest BCUT2D eigenvalue weighted by Gasteiger charge is -2.06. The molecule has 0 aromatic carbocycles. The largest absolute Gasteiger partial charge is 0.396 e. The number of carbonyl (C=O) groups is 1. The second-order valence-electron chi connectivity index (χ2n) is 2.54. The summed E-state index contributed by atoms with van der Waals surface area (Å²) in [5, 5.41) is 10.6. The molecule has 0 fully saturated rings. The first-order chi connectivity index (χ1) is 5.95. The first-order valence-corrected chi connectivity index (χ1v) is 3.90. The average Bonchev–Trinajstić information content (AvgIpc) is 2.00. The maximum atomic E-state index is 11.6. The maximum Gasteiger partial charge on any atom is 0.389 e. The number of halogens is 3. The monoisotopic (exact) mass is 199 g/mol. The minimum absolute atomic E-state index is 0.0838. The van der Waals surface area contributed by atoms with Crippen LogP contribution in [0, 0.1) is 0 Å². The fourth-order valence-electron chi connectivity index (χ4n) is 0.651. The number of hydrogen-bond donors (Lipinski definition) is 2. The minimum Gasteiger partial charge on any atom is -0.396 e. The molecule has 2 N–H and O–H groups in total. The smallest absolute Gasteiger partial charge is 0.389 e. The third-order valence-corrected chi connectivity index (χ3v) is 1.29. The van der Waals surface area contributed by atoms with E-state index in [2.05, 4.69) is 5.32 Å². The Morgan fingerprint density at radius 3 is 2.46 bits per heavy atom. The van der Waals surface area contributed by atoms with E-state index in [0.717, 1.165) is 0 Å². The summed E-state index contributed by atoms with van der Waals surface area (Å²) in [6.45, 7) is 0.132. The van der Waals surface area contributed by atoms with Crippen LogP contribution in [0.3, 0.4) is 0 Å². The van der Waals surface area contributed by atoms with Gasteiger partial charge in [0.15, 0.2) is 0 Å². The van der Waals surface area contributed by atoms with Crippen molar-refractivity contribution in [3.63, 3.8) is 0 Å². The first kappa shape index (κ1) is 12.2. The molecular formula is C7H12F3NO2. The molecule has 0 aromatic rings. The normalized spacial score (nSPS) is 11.4. The number of nitrogens with one attached hydrogen (secondary N) is 1. The molecule has 0 radical (unpaired) electrons. The van der Waals surface area contributed by atoms with Crippen LogP contribution in [0.5, 0.6) is 0 Å². The van der Waals surface area contributed by atoms with E-state index < -0.39 is 24.9 Å². The standard InChI is InChI=1S/C7H12F3NO2/c8-7(9,10)3-2-6(13)11-4-1-5-12/h12H,1-5H2,(H,11,13). The summed E-state index contributed by atoms with van der Waals surface area (Å²) in [7, 11) is 0. The summed E-state index contributed by atoms with van der Waals surface area (Å²) < 4.78 is 34.8. The Labute approximate surface area is 73.9 Å². The minimum atomic E-state index is -4.28. The molecule has 3 nitrogen and oxygen atoms in total. The van der Waals surface area contributed by atoms with Crippen molar-refractivity contribution in [2.75, 3.05) is 13.2 Å². The Bertz CT molecular complexity index is 158. The van der Waals surface area contributed by atoms with Gasteiger partial charge in [0.05, 0.1) is 6.42 Å². The van der Waals surface area contributed by atoms with Crippen LogP contribution in [0.25, 0.3) is 0 Å². The highest BCUT2D eigenvalue weighted by Crippen LogP contribution is 2.20. The zero-order valence-corrected chi connectivity index (χ0v) is 7.02. The Morgan fingerprint density at radius 1 is 1.38 bits per heavy atom. The Kier molecular flexibility index (Phi) is 5.45. The van der Waals surface area contributed by atoms with E-state index >= 15 is 0 Å². The van der Waals surface area contributed by atoms with E-state index in [1.165, 1.54) is 0 Å². The average molecular weight is 199 g/mol. The molecule has 0 aliphatic carbocycles. The highest BCUT2D eigenvalue weighted by atomic mass is 19.4. The second kappa shape index (κ2) is 5.80. The molecule has 0 heterocycles. The Morgan fingerprint density at radius 2 is 2.00 bits per heavy atom. The van der Waals surface area contributed by atoms with Gasteiger partial charge in [0.25, 0.3) is 0 Å². The fourth-order valence-corrected chi connectivity index (χ4v) is 0.651. The highest BCUT2D eigenvalue weighted by Gasteiger charge is 2.27.